The van der Waals surface area contributed by atoms with Crippen molar-refractivity contribution in [1.82, 2.24) is 9.97 Å². The van der Waals surface area contributed by atoms with Crippen molar-refractivity contribution in [3.8, 4) is 11.1 Å². The Morgan fingerprint density at radius 3 is 1.42 bits per heavy atom. The molecule has 0 bridgehead atoms. The summed E-state index contributed by atoms with van der Waals surface area (Å²) in [7, 11) is 0. The minimum absolute atomic E-state index is 0.208. The Hall–Kier alpha value is -7.30. The molecule has 2 aromatic heterocycles. The molecule has 0 amide bonds. The number of anilines is 6. The van der Waals surface area contributed by atoms with Crippen LogP contribution in [0, 0.1) is 0 Å². The molecule has 0 saturated carbocycles. The fourth-order valence-electron chi connectivity index (χ4n) is 9.28. The summed E-state index contributed by atoms with van der Waals surface area (Å²) >= 11 is 0. The molecule has 11 rings (SSSR count). The first-order valence-corrected chi connectivity index (χ1v) is 19.6. The molecule has 0 atom stereocenters. The predicted octanol–water partition coefficient (Wildman–Crippen LogP) is 14.3. The molecule has 4 nitrogen and oxygen atoms in total. The summed E-state index contributed by atoms with van der Waals surface area (Å²) in [6.07, 6.45) is 3.80. The van der Waals surface area contributed by atoms with E-state index in [1.165, 1.54) is 22.3 Å². The van der Waals surface area contributed by atoms with E-state index in [1.54, 1.807) is 0 Å². The van der Waals surface area contributed by atoms with Crippen molar-refractivity contribution in [1.29, 1.82) is 0 Å². The van der Waals surface area contributed by atoms with Crippen LogP contribution < -0.4 is 9.80 Å². The lowest BCUT2D eigenvalue weighted by molar-refractivity contribution is 0.661. The molecule has 0 radical (unpaired) electrons. The van der Waals surface area contributed by atoms with Crippen molar-refractivity contribution >= 4 is 77.5 Å². The standard InChI is InChI=1S/C53H38N4/c1-53(2)45-28-12-11-25-39(45)42-33-43-44(34-46(42)53)52(57(38-23-7-4-8-24-38)48-30-14-18-36-20-16-32-55-50(36)48)41-27-10-9-26-40(41)51(43)56(37-21-5-3-6-22-37)47-29-13-17-35-19-15-31-54-49(35)47/h3-34H,1-2H3. The smallest absolute Gasteiger partial charge is 0.0942 e. The van der Waals surface area contributed by atoms with Gasteiger partial charge in [-0.25, -0.2) is 0 Å². The maximum absolute atomic E-state index is 5.02. The molecular weight excluding hydrogens is 693 g/mol. The van der Waals surface area contributed by atoms with E-state index in [1.807, 2.05) is 24.5 Å². The maximum atomic E-state index is 5.02. The molecule has 1 aliphatic carbocycles. The molecule has 270 valence electrons. The van der Waals surface area contributed by atoms with Gasteiger partial charge in [0, 0.05) is 61.5 Å². The minimum Gasteiger partial charge on any atom is -0.307 e. The Morgan fingerprint density at radius 1 is 0.386 bits per heavy atom. The van der Waals surface area contributed by atoms with E-state index in [2.05, 4.69) is 194 Å². The lowest BCUT2D eigenvalue weighted by atomic mass is 9.81. The average Bonchev–Trinajstić information content (AvgIpc) is 3.49. The van der Waals surface area contributed by atoms with E-state index in [0.717, 1.165) is 77.5 Å². The Kier molecular flexibility index (Phi) is 7.48. The van der Waals surface area contributed by atoms with Gasteiger partial charge in [0.1, 0.15) is 0 Å². The number of pyridine rings is 2. The van der Waals surface area contributed by atoms with Crippen LogP contribution in [0.2, 0.25) is 0 Å². The topological polar surface area (TPSA) is 32.3 Å². The van der Waals surface area contributed by atoms with Crippen molar-refractivity contribution in [3.05, 3.63) is 206 Å². The zero-order chi connectivity index (χ0) is 38.1. The first kappa shape index (κ1) is 33.1. The van der Waals surface area contributed by atoms with Crippen molar-refractivity contribution in [2.24, 2.45) is 0 Å². The van der Waals surface area contributed by atoms with Crippen molar-refractivity contribution in [2.45, 2.75) is 19.3 Å². The first-order chi connectivity index (χ1) is 28.1. The van der Waals surface area contributed by atoms with Gasteiger partial charge in [-0.05, 0) is 82.9 Å². The monoisotopic (exact) mass is 730 g/mol. The van der Waals surface area contributed by atoms with Crippen LogP contribution in [0.4, 0.5) is 34.1 Å². The van der Waals surface area contributed by atoms with Crippen LogP contribution in [0.25, 0.3) is 54.5 Å². The number of hydrogen-bond donors (Lipinski definition) is 0. The molecular formula is C53H38N4. The second-order valence-electron chi connectivity index (χ2n) is 15.4. The van der Waals surface area contributed by atoms with Gasteiger partial charge in [-0.2, -0.15) is 0 Å². The number of rotatable bonds is 6. The van der Waals surface area contributed by atoms with Gasteiger partial charge in [0.05, 0.1) is 33.8 Å². The summed E-state index contributed by atoms with van der Waals surface area (Å²) in [5.41, 5.74) is 13.3. The molecule has 1 aliphatic rings. The summed E-state index contributed by atoms with van der Waals surface area (Å²) in [5, 5.41) is 6.78. The zero-order valence-corrected chi connectivity index (χ0v) is 31.8. The van der Waals surface area contributed by atoms with E-state index in [0.29, 0.717) is 0 Å². The van der Waals surface area contributed by atoms with Gasteiger partial charge >= 0.3 is 0 Å². The number of para-hydroxylation sites is 4. The molecule has 8 aromatic carbocycles. The second-order valence-corrected chi connectivity index (χ2v) is 15.4. The van der Waals surface area contributed by atoms with Crippen LogP contribution in [-0.4, -0.2) is 9.97 Å². The molecule has 0 aliphatic heterocycles. The van der Waals surface area contributed by atoms with E-state index in [-0.39, 0.29) is 5.41 Å². The van der Waals surface area contributed by atoms with E-state index < -0.39 is 0 Å². The highest BCUT2D eigenvalue weighted by molar-refractivity contribution is 6.25. The quantitative estimate of drug-likeness (QED) is 0.126. The first-order valence-electron chi connectivity index (χ1n) is 19.6. The normalized spacial score (nSPS) is 12.9. The lowest BCUT2D eigenvalue weighted by Crippen LogP contribution is -2.17. The molecule has 0 saturated heterocycles. The Labute approximate surface area is 331 Å². The summed E-state index contributed by atoms with van der Waals surface area (Å²) in [4.78, 5) is 14.9. The van der Waals surface area contributed by atoms with Crippen LogP contribution in [0.5, 0.6) is 0 Å². The highest BCUT2D eigenvalue weighted by Gasteiger charge is 2.37. The van der Waals surface area contributed by atoms with Gasteiger partial charge in [-0.15, -0.1) is 0 Å². The van der Waals surface area contributed by atoms with Gasteiger partial charge in [-0.1, -0.05) is 135 Å². The van der Waals surface area contributed by atoms with E-state index >= 15 is 0 Å². The van der Waals surface area contributed by atoms with Crippen LogP contribution >= 0.6 is 0 Å². The highest BCUT2D eigenvalue weighted by Crippen LogP contribution is 2.56. The summed E-state index contributed by atoms with van der Waals surface area (Å²) in [5.74, 6) is 0. The predicted molar refractivity (Wildman–Crippen MR) is 239 cm³/mol. The average molecular weight is 731 g/mol. The van der Waals surface area contributed by atoms with Crippen molar-refractivity contribution < 1.29 is 0 Å². The van der Waals surface area contributed by atoms with Crippen LogP contribution in [0.1, 0.15) is 25.0 Å². The molecule has 4 heteroatoms. The van der Waals surface area contributed by atoms with Crippen LogP contribution in [0.3, 0.4) is 0 Å². The molecule has 0 fully saturated rings. The third kappa shape index (κ3) is 5.07. The molecule has 0 unspecified atom stereocenters. The molecule has 57 heavy (non-hydrogen) atoms. The molecule has 0 N–H and O–H groups in total. The third-order valence-electron chi connectivity index (χ3n) is 11.8. The zero-order valence-electron chi connectivity index (χ0n) is 31.8. The highest BCUT2D eigenvalue weighted by atomic mass is 15.2. The largest absolute Gasteiger partial charge is 0.307 e. The third-order valence-corrected chi connectivity index (χ3v) is 11.8. The summed E-state index contributed by atoms with van der Waals surface area (Å²) < 4.78 is 0. The van der Waals surface area contributed by atoms with Gasteiger partial charge in [0.15, 0.2) is 0 Å². The van der Waals surface area contributed by atoms with E-state index in [9.17, 15) is 0 Å². The second kappa shape index (κ2) is 12.9. The van der Waals surface area contributed by atoms with E-state index in [4.69, 9.17) is 9.97 Å². The number of nitrogens with zero attached hydrogens (tertiary/aromatic N) is 4. The van der Waals surface area contributed by atoms with Gasteiger partial charge in [0.2, 0.25) is 0 Å². The Balaban J connectivity index is 1.35. The number of hydrogen-bond acceptors (Lipinski definition) is 4. The molecule has 2 heterocycles. The Morgan fingerprint density at radius 2 is 0.860 bits per heavy atom. The summed E-state index contributed by atoms with van der Waals surface area (Å²) in [6.45, 7) is 4.74. The number of aromatic nitrogens is 2. The SMILES string of the molecule is CC1(C)c2ccccc2-c2cc3c(N(c4ccccc4)c4cccc5cccnc45)c4ccccc4c(N(c4ccccc4)c4cccc5cccnc45)c3cc21. The summed E-state index contributed by atoms with van der Waals surface area (Å²) in [6, 6.07) is 65.7. The van der Waals surface area contributed by atoms with Crippen LogP contribution in [0.15, 0.2) is 194 Å². The fraction of sp³-hybridized carbons (Fsp3) is 0.0566. The Bertz CT molecular complexity index is 3160. The lowest BCUT2D eigenvalue weighted by Gasteiger charge is -2.34. The van der Waals surface area contributed by atoms with Gasteiger partial charge in [-0.3, -0.25) is 9.97 Å². The fourth-order valence-corrected chi connectivity index (χ4v) is 9.28. The van der Waals surface area contributed by atoms with Crippen LogP contribution in [-0.2, 0) is 5.41 Å². The maximum Gasteiger partial charge on any atom is 0.0942 e. The van der Waals surface area contributed by atoms with Crippen molar-refractivity contribution in [2.75, 3.05) is 9.80 Å². The molecule has 0 spiro atoms. The minimum atomic E-state index is -0.208. The number of fused-ring (bicyclic) bond motifs is 7. The molecule has 10 aromatic rings. The number of benzene rings is 8. The van der Waals surface area contributed by atoms with Gasteiger partial charge in [0.25, 0.3) is 0 Å². The van der Waals surface area contributed by atoms with Crippen molar-refractivity contribution in [3.63, 3.8) is 0 Å². The van der Waals surface area contributed by atoms with Gasteiger partial charge < -0.3 is 9.80 Å².